The first-order valence-electron chi connectivity index (χ1n) is 8.05. The molecular weight excluding hydrogens is 262 g/mol. The van der Waals surface area contributed by atoms with Crippen molar-refractivity contribution in [3.05, 3.63) is 18.2 Å². The van der Waals surface area contributed by atoms with Crippen LogP contribution in [0.4, 0.5) is 0 Å². The monoisotopic (exact) mass is 289 g/mol. The first-order chi connectivity index (χ1) is 10.2. The molecule has 2 heterocycles. The summed E-state index contributed by atoms with van der Waals surface area (Å²) >= 11 is 0. The molecule has 0 fully saturated rings. The van der Waals surface area contributed by atoms with Crippen molar-refractivity contribution in [3.8, 4) is 6.07 Å². The molecule has 0 bridgehead atoms. The molecule has 116 valence electrons. The van der Waals surface area contributed by atoms with Gasteiger partial charge in [-0.1, -0.05) is 6.92 Å². The van der Waals surface area contributed by atoms with Gasteiger partial charge in [-0.15, -0.1) is 0 Å². The standard InChI is InChI=1S/C16H27N5/c1-3-7-19-16(2,14-17)6-4-5-9-20-11-12-21-10-8-18-15(21)13-20/h8,10,19H,3-7,9,11-13H2,1-2H3. The van der Waals surface area contributed by atoms with Crippen LogP contribution in [0, 0.1) is 11.3 Å². The molecule has 0 amide bonds. The molecule has 0 aliphatic carbocycles. The van der Waals surface area contributed by atoms with Crippen LogP contribution in [0.15, 0.2) is 12.4 Å². The minimum absolute atomic E-state index is 0.367. The van der Waals surface area contributed by atoms with Crippen LogP contribution < -0.4 is 5.32 Å². The van der Waals surface area contributed by atoms with Gasteiger partial charge >= 0.3 is 0 Å². The van der Waals surface area contributed by atoms with E-state index in [9.17, 15) is 5.26 Å². The molecule has 1 aliphatic rings. The van der Waals surface area contributed by atoms with Gasteiger partial charge in [0.2, 0.25) is 0 Å². The van der Waals surface area contributed by atoms with E-state index in [1.807, 2.05) is 13.1 Å². The zero-order valence-electron chi connectivity index (χ0n) is 13.3. The second kappa shape index (κ2) is 7.58. The van der Waals surface area contributed by atoms with E-state index in [1.165, 1.54) is 5.82 Å². The Bertz CT molecular complexity index is 475. The number of imidazole rings is 1. The van der Waals surface area contributed by atoms with Gasteiger partial charge in [-0.3, -0.25) is 10.2 Å². The lowest BCUT2D eigenvalue weighted by Gasteiger charge is -2.28. The highest BCUT2D eigenvalue weighted by molar-refractivity contribution is 5.03. The highest BCUT2D eigenvalue weighted by Gasteiger charge is 2.22. The summed E-state index contributed by atoms with van der Waals surface area (Å²) < 4.78 is 2.23. The number of aromatic nitrogens is 2. The van der Waals surface area contributed by atoms with Crippen LogP contribution in [0.2, 0.25) is 0 Å². The molecule has 1 N–H and O–H groups in total. The zero-order chi connectivity index (χ0) is 15.1. The topological polar surface area (TPSA) is 56.9 Å². The fourth-order valence-corrected chi connectivity index (χ4v) is 2.81. The number of hydrogen-bond donors (Lipinski definition) is 1. The van der Waals surface area contributed by atoms with E-state index < -0.39 is 0 Å². The van der Waals surface area contributed by atoms with E-state index in [2.05, 4.69) is 39.0 Å². The molecule has 0 radical (unpaired) electrons. The van der Waals surface area contributed by atoms with Crippen LogP contribution in [-0.4, -0.2) is 39.6 Å². The van der Waals surface area contributed by atoms with Gasteiger partial charge < -0.3 is 4.57 Å². The molecule has 0 aromatic carbocycles. The number of rotatable bonds is 8. The molecule has 0 spiro atoms. The molecule has 21 heavy (non-hydrogen) atoms. The first-order valence-corrected chi connectivity index (χ1v) is 8.05. The predicted molar refractivity (Wildman–Crippen MR) is 83.7 cm³/mol. The number of hydrogen-bond acceptors (Lipinski definition) is 4. The lowest BCUT2D eigenvalue weighted by atomic mass is 9.96. The smallest absolute Gasteiger partial charge is 0.122 e. The molecule has 1 aromatic rings. The van der Waals surface area contributed by atoms with Crippen LogP contribution >= 0.6 is 0 Å². The normalized spacial score (nSPS) is 18.0. The maximum atomic E-state index is 9.31. The molecule has 1 unspecified atom stereocenters. The molecule has 1 atom stereocenters. The van der Waals surface area contributed by atoms with Gasteiger partial charge in [-0.05, 0) is 45.7 Å². The van der Waals surface area contributed by atoms with Crippen LogP contribution in [-0.2, 0) is 13.1 Å². The summed E-state index contributed by atoms with van der Waals surface area (Å²) in [6.07, 6.45) is 8.17. The minimum atomic E-state index is -0.367. The summed E-state index contributed by atoms with van der Waals surface area (Å²) in [5.41, 5.74) is -0.367. The lowest BCUT2D eigenvalue weighted by molar-refractivity contribution is 0.210. The second-order valence-corrected chi connectivity index (χ2v) is 6.14. The van der Waals surface area contributed by atoms with Gasteiger partial charge in [0.25, 0.3) is 0 Å². The summed E-state index contributed by atoms with van der Waals surface area (Å²) in [5.74, 6) is 1.17. The average molecular weight is 289 g/mol. The Hall–Kier alpha value is -1.38. The maximum Gasteiger partial charge on any atom is 0.122 e. The first kappa shape index (κ1) is 16.0. The Kier molecular flexibility index (Phi) is 5.77. The van der Waals surface area contributed by atoms with Crippen LogP contribution in [0.3, 0.4) is 0 Å². The van der Waals surface area contributed by atoms with Crippen LogP contribution in [0.5, 0.6) is 0 Å². The van der Waals surface area contributed by atoms with E-state index in [1.54, 1.807) is 0 Å². The number of fused-ring (bicyclic) bond motifs is 1. The van der Waals surface area contributed by atoms with Crippen LogP contribution in [0.25, 0.3) is 0 Å². The van der Waals surface area contributed by atoms with Crippen molar-refractivity contribution in [1.29, 1.82) is 5.26 Å². The van der Waals surface area contributed by atoms with Gasteiger partial charge in [0.05, 0.1) is 12.6 Å². The largest absolute Gasteiger partial charge is 0.333 e. The minimum Gasteiger partial charge on any atom is -0.333 e. The summed E-state index contributed by atoms with van der Waals surface area (Å²) in [6, 6.07) is 2.42. The molecular formula is C16H27N5. The number of nitrogens with one attached hydrogen (secondary N) is 1. The summed E-state index contributed by atoms with van der Waals surface area (Å²) in [4.78, 5) is 6.85. The third kappa shape index (κ3) is 4.55. The molecule has 5 nitrogen and oxygen atoms in total. The van der Waals surface area contributed by atoms with Gasteiger partial charge in [-0.25, -0.2) is 4.98 Å². The van der Waals surface area contributed by atoms with Gasteiger partial charge in [0.1, 0.15) is 11.4 Å². The average Bonchev–Trinajstić information content (AvgIpc) is 2.97. The van der Waals surface area contributed by atoms with Crippen molar-refractivity contribution < 1.29 is 0 Å². The summed E-state index contributed by atoms with van der Waals surface area (Å²) in [7, 11) is 0. The van der Waals surface area contributed by atoms with Crippen molar-refractivity contribution >= 4 is 0 Å². The van der Waals surface area contributed by atoms with Crippen molar-refractivity contribution in [1.82, 2.24) is 19.8 Å². The molecule has 1 aromatic heterocycles. The van der Waals surface area contributed by atoms with E-state index in [0.717, 1.165) is 58.4 Å². The van der Waals surface area contributed by atoms with E-state index in [0.29, 0.717) is 0 Å². The summed E-state index contributed by atoms with van der Waals surface area (Å²) in [5, 5.41) is 12.7. The molecule has 5 heteroatoms. The van der Waals surface area contributed by atoms with Crippen molar-refractivity contribution in [2.24, 2.45) is 0 Å². The van der Waals surface area contributed by atoms with E-state index >= 15 is 0 Å². The molecule has 1 aliphatic heterocycles. The molecule has 2 rings (SSSR count). The highest BCUT2D eigenvalue weighted by atomic mass is 15.2. The van der Waals surface area contributed by atoms with Crippen LogP contribution in [0.1, 0.15) is 45.4 Å². The second-order valence-electron chi connectivity index (χ2n) is 6.14. The zero-order valence-corrected chi connectivity index (χ0v) is 13.3. The van der Waals surface area contributed by atoms with Gasteiger partial charge in [0.15, 0.2) is 0 Å². The van der Waals surface area contributed by atoms with E-state index in [-0.39, 0.29) is 5.54 Å². The fourth-order valence-electron chi connectivity index (χ4n) is 2.81. The molecule has 0 saturated carbocycles. The maximum absolute atomic E-state index is 9.31. The molecule has 0 saturated heterocycles. The Morgan fingerprint density at radius 2 is 2.29 bits per heavy atom. The van der Waals surface area contributed by atoms with Gasteiger partial charge in [0, 0.05) is 25.5 Å². The Morgan fingerprint density at radius 1 is 1.43 bits per heavy atom. The third-order valence-corrected chi connectivity index (χ3v) is 4.24. The lowest BCUT2D eigenvalue weighted by Crippen LogP contribution is -2.41. The van der Waals surface area contributed by atoms with Crippen molar-refractivity contribution in [2.75, 3.05) is 19.6 Å². The SMILES string of the molecule is CCCNC(C)(C#N)CCCCN1CCn2ccnc2C1. The van der Waals surface area contributed by atoms with E-state index in [4.69, 9.17) is 0 Å². The number of unbranched alkanes of at least 4 members (excludes halogenated alkanes) is 1. The Labute approximate surface area is 128 Å². The Morgan fingerprint density at radius 3 is 3.05 bits per heavy atom. The van der Waals surface area contributed by atoms with Gasteiger partial charge in [-0.2, -0.15) is 5.26 Å². The quantitative estimate of drug-likeness (QED) is 0.745. The van der Waals surface area contributed by atoms with Crippen molar-refractivity contribution in [2.45, 2.75) is 58.2 Å². The number of nitriles is 1. The highest BCUT2D eigenvalue weighted by Crippen LogP contribution is 2.15. The van der Waals surface area contributed by atoms with Crippen molar-refractivity contribution in [3.63, 3.8) is 0 Å². The Balaban J connectivity index is 1.67. The summed E-state index contributed by atoms with van der Waals surface area (Å²) in [6.45, 7) is 9.26. The number of nitrogens with zero attached hydrogens (tertiary/aromatic N) is 4. The predicted octanol–water partition coefficient (Wildman–Crippen LogP) is 2.15. The third-order valence-electron chi connectivity index (χ3n) is 4.24. The fraction of sp³-hybridized carbons (Fsp3) is 0.750.